The van der Waals surface area contributed by atoms with Gasteiger partial charge in [-0.15, -0.1) is 0 Å². The maximum absolute atomic E-state index is 11.8. The molecule has 0 aromatic carbocycles. The molecule has 1 amide bonds. The van der Waals surface area contributed by atoms with Crippen molar-refractivity contribution in [2.45, 2.75) is 46.3 Å². The number of alkyl carbamates (subject to hydrolysis) is 1. The van der Waals surface area contributed by atoms with Crippen molar-refractivity contribution >= 4 is 17.8 Å². The Bertz CT molecular complexity index is 360. The lowest BCUT2D eigenvalue weighted by molar-refractivity contribution is -0.149. The topological polar surface area (TPSA) is 102 Å². The molecule has 0 aromatic heterocycles. The van der Waals surface area contributed by atoms with Gasteiger partial charge in [0.15, 0.2) is 5.78 Å². The van der Waals surface area contributed by atoms with Crippen molar-refractivity contribution < 1.29 is 29.0 Å². The minimum absolute atomic E-state index is 0.116. The van der Waals surface area contributed by atoms with Gasteiger partial charge in [-0.3, -0.25) is 4.79 Å². The second-order valence-electron chi connectivity index (χ2n) is 5.29. The first-order chi connectivity index (χ1) is 9.12. The lowest BCUT2D eigenvalue weighted by atomic mass is 9.97. The fraction of sp³-hybridized carbons (Fsp3) is 0.769. The number of nitrogens with one attached hydrogen (secondary N) is 1. The van der Waals surface area contributed by atoms with E-state index in [4.69, 9.17) is 14.6 Å². The number of carbonyl (C=O) groups is 3. The predicted molar refractivity (Wildman–Crippen MR) is 71.0 cm³/mol. The first-order valence-corrected chi connectivity index (χ1v) is 6.42. The van der Waals surface area contributed by atoms with Gasteiger partial charge in [0.05, 0.1) is 6.61 Å². The van der Waals surface area contributed by atoms with Crippen LogP contribution in [0.25, 0.3) is 0 Å². The molecule has 0 heterocycles. The highest BCUT2D eigenvalue weighted by atomic mass is 16.6. The third-order valence-electron chi connectivity index (χ3n) is 2.38. The van der Waals surface area contributed by atoms with E-state index < -0.39 is 42.0 Å². The molecule has 0 spiro atoms. The summed E-state index contributed by atoms with van der Waals surface area (Å²) in [4.78, 5) is 34.9. The number of aliphatic hydroxyl groups is 1. The van der Waals surface area contributed by atoms with Gasteiger partial charge in [-0.25, -0.2) is 9.59 Å². The Hall–Kier alpha value is -1.63. The van der Waals surface area contributed by atoms with E-state index in [0.717, 1.165) is 0 Å². The molecule has 20 heavy (non-hydrogen) atoms. The zero-order chi connectivity index (χ0) is 15.9. The minimum atomic E-state index is -1.19. The largest absolute Gasteiger partial charge is 0.464 e. The van der Waals surface area contributed by atoms with E-state index in [0.29, 0.717) is 0 Å². The van der Waals surface area contributed by atoms with E-state index in [2.05, 4.69) is 5.32 Å². The molecule has 0 radical (unpaired) electrons. The van der Waals surface area contributed by atoms with Crippen LogP contribution in [-0.2, 0) is 19.1 Å². The van der Waals surface area contributed by atoms with Crippen molar-refractivity contribution in [1.29, 1.82) is 0 Å². The summed E-state index contributed by atoms with van der Waals surface area (Å²) in [6.07, 6.45) is -0.826. The average Bonchev–Trinajstić information content (AvgIpc) is 2.32. The molecule has 0 aromatic rings. The fourth-order valence-electron chi connectivity index (χ4n) is 1.38. The summed E-state index contributed by atoms with van der Waals surface area (Å²) in [5.41, 5.74) is -0.729. The van der Waals surface area contributed by atoms with Crippen LogP contribution in [0.1, 0.15) is 34.6 Å². The summed E-state index contributed by atoms with van der Waals surface area (Å²) in [5.74, 6) is -2.22. The van der Waals surface area contributed by atoms with Crippen molar-refractivity contribution in [2.75, 3.05) is 13.2 Å². The molecule has 0 unspecified atom stereocenters. The average molecular weight is 289 g/mol. The van der Waals surface area contributed by atoms with Crippen LogP contribution in [0.2, 0.25) is 0 Å². The van der Waals surface area contributed by atoms with Crippen LogP contribution in [0.4, 0.5) is 4.79 Å². The summed E-state index contributed by atoms with van der Waals surface area (Å²) < 4.78 is 9.84. The van der Waals surface area contributed by atoms with Crippen LogP contribution in [0.15, 0.2) is 0 Å². The molecular formula is C13H23NO6. The monoisotopic (exact) mass is 289 g/mol. The minimum Gasteiger partial charge on any atom is -0.464 e. The van der Waals surface area contributed by atoms with Gasteiger partial charge in [-0.2, -0.15) is 0 Å². The molecule has 0 rings (SSSR count). The maximum Gasteiger partial charge on any atom is 0.408 e. The highest BCUT2D eigenvalue weighted by molar-refractivity contribution is 5.91. The van der Waals surface area contributed by atoms with Gasteiger partial charge in [0.1, 0.15) is 18.2 Å². The normalized spacial score (nSPS) is 14.1. The molecule has 0 fully saturated rings. The molecule has 0 saturated heterocycles. The zero-order valence-electron chi connectivity index (χ0n) is 12.6. The summed E-state index contributed by atoms with van der Waals surface area (Å²) in [7, 11) is 0. The number of ether oxygens (including phenoxy) is 2. The molecule has 2 N–H and O–H groups in total. The molecule has 0 bridgehead atoms. The smallest absolute Gasteiger partial charge is 0.408 e. The van der Waals surface area contributed by atoms with Crippen molar-refractivity contribution in [1.82, 2.24) is 5.32 Å². The van der Waals surface area contributed by atoms with Gasteiger partial charge in [-0.1, -0.05) is 6.92 Å². The molecule has 7 nitrogen and oxygen atoms in total. The van der Waals surface area contributed by atoms with E-state index in [1.807, 2.05) is 0 Å². The Labute approximate surface area is 118 Å². The molecule has 2 atom stereocenters. The summed E-state index contributed by atoms with van der Waals surface area (Å²) >= 11 is 0. The van der Waals surface area contributed by atoms with Gasteiger partial charge >= 0.3 is 12.1 Å². The Morgan fingerprint density at radius 1 is 1.25 bits per heavy atom. The van der Waals surface area contributed by atoms with E-state index in [9.17, 15) is 14.4 Å². The van der Waals surface area contributed by atoms with Crippen molar-refractivity contribution in [3.63, 3.8) is 0 Å². The molecule has 116 valence electrons. The van der Waals surface area contributed by atoms with Crippen LogP contribution >= 0.6 is 0 Å². The highest BCUT2D eigenvalue weighted by Gasteiger charge is 2.33. The Morgan fingerprint density at radius 2 is 1.80 bits per heavy atom. The number of ketones is 1. The summed E-state index contributed by atoms with van der Waals surface area (Å²) in [6, 6.07) is -1.19. The second kappa shape index (κ2) is 7.84. The zero-order valence-corrected chi connectivity index (χ0v) is 12.6. The number of hydrogen-bond acceptors (Lipinski definition) is 6. The van der Waals surface area contributed by atoms with Crippen molar-refractivity contribution in [3.05, 3.63) is 0 Å². The molecule has 0 aliphatic heterocycles. The molecule has 0 aliphatic rings. The van der Waals surface area contributed by atoms with Gasteiger partial charge in [-0.05, 0) is 27.7 Å². The number of hydrogen-bond donors (Lipinski definition) is 2. The standard InChI is InChI=1S/C13H23NO6/c1-6-19-11(17)10(8(2)9(16)7-15)14-12(18)20-13(3,4)5/h8,10,15H,6-7H2,1-5H3,(H,14,18)/t8-,10-/m0/s1. The molecule has 0 saturated carbocycles. The highest BCUT2D eigenvalue weighted by Crippen LogP contribution is 2.11. The molecule has 0 aliphatic carbocycles. The van der Waals surface area contributed by atoms with Crippen molar-refractivity contribution in [3.8, 4) is 0 Å². The van der Waals surface area contributed by atoms with Crippen LogP contribution in [-0.4, -0.2) is 47.8 Å². The van der Waals surface area contributed by atoms with Crippen LogP contribution < -0.4 is 5.32 Å². The SMILES string of the molecule is CCOC(=O)[C@@H](NC(=O)OC(C)(C)C)[C@@H](C)C(=O)CO. The van der Waals surface area contributed by atoms with Gasteiger partial charge in [0.2, 0.25) is 0 Å². The van der Waals surface area contributed by atoms with Crippen LogP contribution in [0.3, 0.4) is 0 Å². The van der Waals surface area contributed by atoms with Crippen LogP contribution in [0, 0.1) is 5.92 Å². The lowest BCUT2D eigenvalue weighted by Gasteiger charge is -2.25. The van der Waals surface area contributed by atoms with E-state index in [1.165, 1.54) is 6.92 Å². The first kappa shape index (κ1) is 18.4. The number of amides is 1. The van der Waals surface area contributed by atoms with Gasteiger partial charge < -0.3 is 19.9 Å². The first-order valence-electron chi connectivity index (χ1n) is 6.42. The lowest BCUT2D eigenvalue weighted by Crippen LogP contribution is -2.50. The van der Waals surface area contributed by atoms with E-state index in [-0.39, 0.29) is 6.61 Å². The molecule has 7 heteroatoms. The Kier molecular flexibility index (Phi) is 7.20. The maximum atomic E-state index is 11.8. The van der Waals surface area contributed by atoms with E-state index >= 15 is 0 Å². The predicted octanol–water partition coefficient (Wildman–Crippen LogP) is 0.640. The number of carbonyl (C=O) groups excluding carboxylic acids is 3. The van der Waals surface area contributed by atoms with Crippen LogP contribution in [0.5, 0.6) is 0 Å². The number of aliphatic hydroxyl groups excluding tert-OH is 1. The van der Waals surface area contributed by atoms with E-state index in [1.54, 1.807) is 27.7 Å². The van der Waals surface area contributed by atoms with Gasteiger partial charge in [0.25, 0.3) is 0 Å². The number of rotatable bonds is 6. The fourth-order valence-corrected chi connectivity index (χ4v) is 1.38. The van der Waals surface area contributed by atoms with Crippen molar-refractivity contribution in [2.24, 2.45) is 5.92 Å². The Balaban J connectivity index is 4.90. The summed E-state index contributed by atoms with van der Waals surface area (Å²) in [5, 5.41) is 11.1. The Morgan fingerprint density at radius 3 is 2.20 bits per heavy atom. The van der Waals surface area contributed by atoms with Gasteiger partial charge in [0, 0.05) is 5.92 Å². The number of Topliss-reactive ketones (excluding diaryl/α,β-unsaturated/α-hetero) is 1. The quantitative estimate of drug-likeness (QED) is 0.696. The second-order valence-corrected chi connectivity index (χ2v) is 5.29. The number of esters is 1. The third-order valence-corrected chi connectivity index (χ3v) is 2.38. The summed E-state index contributed by atoms with van der Waals surface area (Å²) in [6.45, 7) is 7.47. The molecular weight excluding hydrogens is 266 g/mol. The third kappa shape index (κ3) is 6.51.